The van der Waals surface area contributed by atoms with Gasteiger partial charge in [-0.05, 0) is 50.3 Å². The van der Waals surface area contributed by atoms with Gasteiger partial charge < -0.3 is 14.5 Å². The van der Waals surface area contributed by atoms with Gasteiger partial charge in [-0.3, -0.25) is 4.79 Å². The van der Waals surface area contributed by atoms with E-state index in [0.29, 0.717) is 17.9 Å². The molecule has 4 nitrogen and oxygen atoms in total. The second-order valence-corrected chi connectivity index (χ2v) is 7.60. The summed E-state index contributed by atoms with van der Waals surface area (Å²) in [5.41, 5.74) is 1.31. The predicted octanol–water partition coefficient (Wildman–Crippen LogP) is 2.50. The summed E-state index contributed by atoms with van der Waals surface area (Å²) in [7, 11) is 1.77. The van der Waals surface area contributed by atoms with Crippen LogP contribution in [0.2, 0.25) is 0 Å². The highest BCUT2D eigenvalue weighted by Gasteiger charge is 2.49. The van der Waals surface area contributed by atoms with Gasteiger partial charge in [0.15, 0.2) is 0 Å². The van der Waals surface area contributed by atoms with Crippen LogP contribution in [0.4, 0.5) is 0 Å². The summed E-state index contributed by atoms with van der Waals surface area (Å²) in [5, 5.41) is 0. The summed E-state index contributed by atoms with van der Waals surface area (Å²) in [6.07, 6.45) is 4.80. The van der Waals surface area contributed by atoms with Gasteiger partial charge in [-0.2, -0.15) is 0 Å². The molecule has 0 bridgehead atoms. The molecule has 4 heteroatoms. The lowest BCUT2D eigenvalue weighted by atomic mass is 10.1. The first-order valence-corrected chi connectivity index (χ1v) is 9.37. The first-order valence-electron chi connectivity index (χ1n) is 9.37. The smallest absolute Gasteiger partial charge is 0.226 e. The quantitative estimate of drug-likeness (QED) is 0.832. The molecule has 0 spiro atoms. The van der Waals surface area contributed by atoms with Crippen molar-refractivity contribution in [2.45, 2.75) is 43.7 Å². The van der Waals surface area contributed by atoms with Crippen LogP contribution < -0.4 is 0 Å². The maximum absolute atomic E-state index is 13.1. The summed E-state index contributed by atoms with van der Waals surface area (Å²) >= 11 is 0. The molecule has 2 heterocycles. The Hall–Kier alpha value is -1.39. The number of methoxy groups -OCH3 is 1. The zero-order chi connectivity index (χ0) is 16.5. The van der Waals surface area contributed by atoms with E-state index in [9.17, 15) is 4.79 Å². The average molecular weight is 328 g/mol. The fraction of sp³-hybridized carbons (Fsp3) is 0.650. The molecule has 2 aliphatic heterocycles. The van der Waals surface area contributed by atoms with Crippen LogP contribution in [0, 0.1) is 5.92 Å². The predicted molar refractivity (Wildman–Crippen MR) is 93.9 cm³/mol. The first kappa shape index (κ1) is 16.1. The molecule has 1 aliphatic carbocycles. The molecule has 1 amide bonds. The highest BCUT2D eigenvalue weighted by molar-refractivity contribution is 5.83. The van der Waals surface area contributed by atoms with Crippen LogP contribution >= 0.6 is 0 Å². The molecule has 2 saturated heterocycles. The minimum atomic E-state index is 0.184. The van der Waals surface area contributed by atoms with Gasteiger partial charge in [-0.1, -0.05) is 30.3 Å². The SMILES string of the molecule is CO[C@H]1C[C@@H](CN2CCCC2)N(C(=O)[C@H]2C[C@@H]2c2ccccc2)C1. The number of carbonyl (C=O) groups excluding carboxylic acids is 1. The van der Waals surface area contributed by atoms with Crippen molar-refractivity contribution in [1.29, 1.82) is 0 Å². The zero-order valence-electron chi connectivity index (χ0n) is 14.6. The van der Waals surface area contributed by atoms with Crippen molar-refractivity contribution in [2.24, 2.45) is 5.92 Å². The third-order valence-corrected chi connectivity index (χ3v) is 6.00. The van der Waals surface area contributed by atoms with Gasteiger partial charge in [0.2, 0.25) is 5.91 Å². The summed E-state index contributed by atoms with van der Waals surface area (Å²) in [5.74, 6) is 0.962. The molecule has 24 heavy (non-hydrogen) atoms. The maximum atomic E-state index is 13.1. The van der Waals surface area contributed by atoms with Crippen LogP contribution in [0.25, 0.3) is 0 Å². The Morgan fingerprint density at radius 3 is 2.62 bits per heavy atom. The minimum absolute atomic E-state index is 0.184. The molecule has 4 rings (SSSR count). The molecule has 1 aromatic rings. The molecular weight excluding hydrogens is 300 g/mol. The average Bonchev–Trinajstić information content (AvgIpc) is 3.05. The molecular formula is C20H28N2O2. The Morgan fingerprint density at radius 1 is 1.17 bits per heavy atom. The van der Waals surface area contributed by atoms with Crippen molar-refractivity contribution in [1.82, 2.24) is 9.80 Å². The fourth-order valence-electron chi connectivity index (χ4n) is 4.50. The summed E-state index contributed by atoms with van der Waals surface area (Å²) in [6, 6.07) is 10.8. The third-order valence-electron chi connectivity index (χ3n) is 6.00. The van der Waals surface area contributed by atoms with Crippen molar-refractivity contribution in [3.8, 4) is 0 Å². The third kappa shape index (κ3) is 3.22. The van der Waals surface area contributed by atoms with Crippen LogP contribution in [0.3, 0.4) is 0 Å². The summed E-state index contributed by atoms with van der Waals surface area (Å²) in [4.78, 5) is 17.7. The highest BCUT2D eigenvalue weighted by Crippen LogP contribution is 2.49. The zero-order valence-corrected chi connectivity index (χ0v) is 14.6. The highest BCUT2D eigenvalue weighted by atomic mass is 16.5. The Balaban J connectivity index is 1.42. The summed E-state index contributed by atoms with van der Waals surface area (Å²) in [6.45, 7) is 4.17. The Bertz CT molecular complexity index is 570. The molecule has 1 aromatic carbocycles. The van der Waals surface area contributed by atoms with Gasteiger partial charge in [0, 0.05) is 32.2 Å². The number of benzene rings is 1. The molecule has 3 aliphatic rings. The molecule has 130 valence electrons. The van der Waals surface area contributed by atoms with Crippen LogP contribution in [-0.2, 0) is 9.53 Å². The number of carbonyl (C=O) groups is 1. The molecule has 3 fully saturated rings. The Morgan fingerprint density at radius 2 is 1.92 bits per heavy atom. The summed E-state index contributed by atoms with van der Waals surface area (Å²) < 4.78 is 5.59. The standard InChI is InChI=1S/C20H28N2O2/c1-24-17-11-16(13-21-9-5-6-10-21)22(14-17)20(23)19-12-18(19)15-7-3-2-4-8-15/h2-4,7-8,16-19H,5-6,9-14H2,1H3/t16-,17-,18+,19-/m0/s1. The number of nitrogens with zero attached hydrogens (tertiary/aromatic N) is 2. The van der Waals surface area contributed by atoms with Crippen LogP contribution in [-0.4, -0.2) is 61.1 Å². The van der Waals surface area contributed by atoms with Gasteiger partial charge in [0.1, 0.15) is 0 Å². The van der Waals surface area contributed by atoms with Crippen LogP contribution in [0.1, 0.15) is 37.2 Å². The minimum Gasteiger partial charge on any atom is -0.380 e. The molecule has 4 atom stereocenters. The molecule has 1 saturated carbocycles. The number of amides is 1. The van der Waals surface area contributed by atoms with Crippen molar-refractivity contribution < 1.29 is 9.53 Å². The van der Waals surface area contributed by atoms with Gasteiger partial charge in [-0.15, -0.1) is 0 Å². The van der Waals surface area contributed by atoms with Gasteiger partial charge in [0.05, 0.1) is 6.10 Å². The fourth-order valence-corrected chi connectivity index (χ4v) is 4.50. The van der Waals surface area contributed by atoms with E-state index in [-0.39, 0.29) is 12.0 Å². The number of rotatable bonds is 5. The molecule has 0 radical (unpaired) electrons. The van der Waals surface area contributed by atoms with E-state index >= 15 is 0 Å². The van der Waals surface area contributed by atoms with Crippen molar-refractivity contribution in [2.75, 3.05) is 33.3 Å². The lowest BCUT2D eigenvalue weighted by Crippen LogP contribution is -2.43. The normalized spacial score (nSPS) is 33.1. The van der Waals surface area contributed by atoms with Crippen molar-refractivity contribution >= 4 is 5.91 Å². The Labute approximate surface area is 144 Å². The number of hydrogen-bond donors (Lipinski definition) is 0. The van der Waals surface area contributed by atoms with E-state index in [1.807, 2.05) is 6.07 Å². The molecule has 0 unspecified atom stereocenters. The number of likely N-dealkylation sites (tertiary alicyclic amines) is 2. The maximum Gasteiger partial charge on any atom is 0.226 e. The second-order valence-electron chi connectivity index (χ2n) is 7.60. The lowest BCUT2D eigenvalue weighted by molar-refractivity contribution is -0.134. The number of hydrogen-bond acceptors (Lipinski definition) is 3. The van der Waals surface area contributed by atoms with E-state index in [4.69, 9.17) is 4.74 Å². The van der Waals surface area contributed by atoms with E-state index in [2.05, 4.69) is 34.1 Å². The monoisotopic (exact) mass is 328 g/mol. The molecule has 0 N–H and O–H groups in total. The van der Waals surface area contributed by atoms with E-state index in [0.717, 1.165) is 25.9 Å². The van der Waals surface area contributed by atoms with Crippen LogP contribution in [0.5, 0.6) is 0 Å². The largest absolute Gasteiger partial charge is 0.380 e. The second kappa shape index (κ2) is 6.85. The van der Waals surface area contributed by atoms with Gasteiger partial charge in [0.25, 0.3) is 0 Å². The van der Waals surface area contributed by atoms with Gasteiger partial charge in [-0.25, -0.2) is 0 Å². The van der Waals surface area contributed by atoms with E-state index in [1.54, 1.807) is 7.11 Å². The van der Waals surface area contributed by atoms with Crippen molar-refractivity contribution in [3.05, 3.63) is 35.9 Å². The lowest BCUT2D eigenvalue weighted by Gasteiger charge is -2.28. The van der Waals surface area contributed by atoms with E-state index in [1.165, 1.54) is 31.5 Å². The molecule has 0 aromatic heterocycles. The van der Waals surface area contributed by atoms with Gasteiger partial charge >= 0.3 is 0 Å². The number of ether oxygens (including phenoxy) is 1. The van der Waals surface area contributed by atoms with Crippen molar-refractivity contribution in [3.63, 3.8) is 0 Å². The van der Waals surface area contributed by atoms with E-state index < -0.39 is 0 Å². The van der Waals surface area contributed by atoms with Crippen LogP contribution in [0.15, 0.2) is 30.3 Å². The first-order chi connectivity index (χ1) is 11.8. The Kier molecular flexibility index (Phi) is 4.59. The topological polar surface area (TPSA) is 32.8 Å².